The lowest BCUT2D eigenvalue weighted by molar-refractivity contribution is -0.763. The summed E-state index contributed by atoms with van der Waals surface area (Å²) in [6, 6.07) is 7.64. The zero-order valence-corrected chi connectivity index (χ0v) is 10.8. The third-order valence-corrected chi connectivity index (χ3v) is 3.53. The van der Waals surface area contributed by atoms with Crippen molar-refractivity contribution in [1.29, 1.82) is 0 Å². The number of hydrogen-bond acceptors (Lipinski definition) is 4. The zero-order valence-electron chi connectivity index (χ0n) is 9.22. The van der Waals surface area contributed by atoms with Gasteiger partial charge in [-0.3, -0.25) is 0 Å². The van der Waals surface area contributed by atoms with E-state index in [-0.39, 0.29) is 5.95 Å². The Bertz CT molecular complexity index is 499. The van der Waals surface area contributed by atoms with Crippen LogP contribution in [0.2, 0.25) is 5.02 Å². The summed E-state index contributed by atoms with van der Waals surface area (Å²) in [5.74, 6) is 0.445. The Kier molecular flexibility index (Phi) is 3.91. The maximum Gasteiger partial charge on any atom is 0.230 e. The summed E-state index contributed by atoms with van der Waals surface area (Å²) in [6.07, 6.45) is 0. The first-order valence-corrected chi connectivity index (χ1v) is 6.45. The Morgan fingerprint density at radius 3 is 2.71 bits per heavy atom. The van der Waals surface area contributed by atoms with Crippen LogP contribution in [0.5, 0.6) is 5.95 Å². The fraction of sp³-hybridized carbons (Fsp3) is 0.273. The molecule has 1 heterocycles. The molecule has 0 bridgehead atoms. The van der Waals surface area contributed by atoms with E-state index >= 15 is 0 Å². The van der Waals surface area contributed by atoms with Crippen LogP contribution in [0.15, 0.2) is 33.7 Å². The fourth-order valence-corrected chi connectivity index (χ4v) is 2.26. The zero-order chi connectivity index (χ0) is 12.3. The number of benzene rings is 1. The highest BCUT2D eigenvalue weighted by molar-refractivity contribution is 7.99. The molecule has 0 N–H and O–H groups in total. The van der Waals surface area contributed by atoms with E-state index in [1.807, 2.05) is 24.3 Å². The molecule has 0 spiro atoms. The van der Waals surface area contributed by atoms with Crippen LogP contribution >= 0.6 is 23.4 Å². The molecule has 1 aromatic carbocycles. The maximum atomic E-state index is 11.0. The van der Waals surface area contributed by atoms with Gasteiger partial charge in [0, 0.05) is 16.8 Å². The number of aryl methyl sites for hydroxylation is 1. The number of aromatic nitrogens is 2. The van der Waals surface area contributed by atoms with Crippen LogP contribution in [-0.2, 0) is 6.54 Å². The molecular weight excluding hydrogens is 260 g/mol. The molecule has 0 amide bonds. The molecule has 2 aromatic rings. The average Bonchev–Trinajstić information content (AvgIpc) is 2.64. The van der Waals surface area contributed by atoms with Crippen molar-refractivity contribution >= 4 is 23.4 Å². The molecule has 0 saturated carbocycles. The summed E-state index contributed by atoms with van der Waals surface area (Å²) in [5.41, 5.74) is 0.529. The van der Waals surface area contributed by atoms with E-state index < -0.39 is 0 Å². The molecule has 6 heteroatoms. The van der Waals surface area contributed by atoms with Crippen molar-refractivity contribution in [1.82, 2.24) is 5.27 Å². The van der Waals surface area contributed by atoms with Crippen LogP contribution in [-0.4, -0.2) is 11.0 Å². The van der Waals surface area contributed by atoms with Crippen LogP contribution in [0.1, 0.15) is 5.69 Å². The summed E-state index contributed by atoms with van der Waals surface area (Å²) < 4.78 is 6.12. The Morgan fingerprint density at radius 1 is 1.41 bits per heavy atom. The second kappa shape index (κ2) is 5.42. The second-order valence-corrected chi connectivity index (χ2v) is 5.08. The van der Waals surface area contributed by atoms with Crippen molar-refractivity contribution in [2.75, 3.05) is 5.75 Å². The normalized spacial score (nSPS) is 10.7. The Balaban J connectivity index is 1.87. The largest absolute Gasteiger partial charge is 0.539 e. The Morgan fingerprint density at radius 2 is 2.12 bits per heavy atom. The highest BCUT2D eigenvalue weighted by atomic mass is 35.5. The van der Waals surface area contributed by atoms with Gasteiger partial charge in [0.25, 0.3) is 0 Å². The molecular formula is C11H11ClN2O2S. The van der Waals surface area contributed by atoms with Gasteiger partial charge < -0.3 is 9.63 Å². The number of hydrogen-bond donors (Lipinski definition) is 0. The number of nitrogens with zero attached hydrogens (tertiary/aromatic N) is 2. The third-order valence-electron chi connectivity index (χ3n) is 2.29. The summed E-state index contributed by atoms with van der Waals surface area (Å²) in [4.78, 5) is 1.14. The quantitative estimate of drug-likeness (QED) is 0.628. The van der Waals surface area contributed by atoms with Gasteiger partial charge in [0.1, 0.15) is 0 Å². The Hall–Kier alpha value is -1.20. The smallest absolute Gasteiger partial charge is 0.230 e. The van der Waals surface area contributed by atoms with Crippen LogP contribution < -0.4 is 9.79 Å². The van der Waals surface area contributed by atoms with Crippen molar-refractivity contribution < 1.29 is 14.3 Å². The minimum atomic E-state index is -0.374. The summed E-state index contributed by atoms with van der Waals surface area (Å²) in [5, 5.41) is 15.4. The van der Waals surface area contributed by atoms with Gasteiger partial charge in [-0.15, -0.1) is 11.8 Å². The molecule has 0 atom stereocenters. The lowest BCUT2D eigenvalue weighted by Crippen LogP contribution is -2.39. The number of halogens is 1. The SMILES string of the molecule is Cc1c([O-])on[n+]1CCSc1ccc(Cl)cc1. The number of thioether (sulfide) groups is 1. The van der Waals surface area contributed by atoms with E-state index in [0.717, 1.165) is 15.7 Å². The molecule has 0 saturated heterocycles. The van der Waals surface area contributed by atoms with Crippen LogP contribution in [0, 0.1) is 6.92 Å². The molecule has 0 fully saturated rings. The first-order chi connectivity index (χ1) is 8.16. The van der Waals surface area contributed by atoms with Gasteiger partial charge in [-0.2, -0.15) is 0 Å². The van der Waals surface area contributed by atoms with Gasteiger partial charge in [0.05, 0.1) is 11.0 Å². The summed E-state index contributed by atoms with van der Waals surface area (Å²) in [6.45, 7) is 2.34. The second-order valence-electron chi connectivity index (χ2n) is 3.47. The first-order valence-electron chi connectivity index (χ1n) is 5.08. The van der Waals surface area contributed by atoms with Crippen molar-refractivity contribution in [3.8, 4) is 5.95 Å². The first kappa shape index (κ1) is 12.3. The standard InChI is InChI=1S/C11H11ClN2O2S/c1-8-11(15)16-13-14(8)6-7-17-10-4-2-9(12)3-5-10/h2-5H,6-7H2,1H3. The van der Waals surface area contributed by atoms with E-state index in [1.54, 1.807) is 23.4 Å². The molecule has 4 nitrogen and oxygen atoms in total. The summed E-state index contributed by atoms with van der Waals surface area (Å²) >= 11 is 7.47. The topological polar surface area (TPSA) is 53.0 Å². The van der Waals surface area contributed by atoms with E-state index in [0.29, 0.717) is 12.2 Å². The maximum absolute atomic E-state index is 11.0. The van der Waals surface area contributed by atoms with Gasteiger partial charge >= 0.3 is 0 Å². The third kappa shape index (κ3) is 3.14. The van der Waals surface area contributed by atoms with Crippen LogP contribution in [0.4, 0.5) is 0 Å². The Labute approximate surface area is 108 Å². The van der Waals surface area contributed by atoms with Crippen molar-refractivity contribution in [2.24, 2.45) is 0 Å². The molecule has 1 aromatic heterocycles. The minimum Gasteiger partial charge on any atom is -0.539 e. The molecule has 0 aliphatic heterocycles. The molecule has 0 radical (unpaired) electrons. The molecule has 0 aliphatic carbocycles. The van der Waals surface area contributed by atoms with E-state index in [1.165, 1.54) is 0 Å². The summed E-state index contributed by atoms with van der Waals surface area (Å²) in [7, 11) is 0. The number of rotatable bonds is 4. The van der Waals surface area contributed by atoms with Gasteiger partial charge in [0.2, 0.25) is 5.69 Å². The van der Waals surface area contributed by atoms with E-state index in [9.17, 15) is 5.11 Å². The lowest BCUT2D eigenvalue weighted by Gasteiger charge is -1.98. The lowest BCUT2D eigenvalue weighted by atomic mass is 10.4. The average molecular weight is 271 g/mol. The molecule has 17 heavy (non-hydrogen) atoms. The molecule has 2 rings (SSSR count). The van der Waals surface area contributed by atoms with E-state index in [4.69, 9.17) is 11.6 Å². The highest BCUT2D eigenvalue weighted by Gasteiger charge is 2.11. The molecule has 90 valence electrons. The molecule has 0 unspecified atom stereocenters. The predicted molar refractivity (Wildman–Crippen MR) is 63.1 cm³/mol. The van der Waals surface area contributed by atoms with Gasteiger partial charge in [-0.05, 0) is 24.3 Å². The van der Waals surface area contributed by atoms with Gasteiger partial charge in [-0.1, -0.05) is 16.3 Å². The fourth-order valence-electron chi connectivity index (χ4n) is 1.31. The van der Waals surface area contributed by atoms with E-state index in [2.05, 4.69) is 9.79 Å². The highest BCUT2D eigenvalue weighted by Crippen LogP contribution is 2.20. The minimum absolute atomic E-state index is 0.374. The van der Waals surface area contributed by atoms with Crippen molar-refractivity contribution in [3.05, 3.63) is 35.0 Å². The van der Waals surface area contributed by atoms with Crippen molar-refractivity contribution in [2.45, 2.75) is 18.4 Å². The predicted octanol–water partition coefficient (Wildman–Crippen LogP) is 1.79. The van der Waals surface area contributed by atoms with Crippen LogP contribution in [0.3, 0.4) is 0 Å². The van der Waals surface area contributed by atoms with Crippen molar-refractivity contribution in [3.63, 3.8) is 0 Å². The monoisotopic (exact) mass is 270 g/mol. The molecule has 0 aliphatic rings. The van der Waals surface area contributed by atoms with Gasteiger partial charge in [-0.25, -0.2) is 0 Å². The van der Waals surface area contributed by atoms with Crippen LogP contribution in [0.25, 0.3) is 0 Å². The van der Waals surface area contributed by atoms with Gasteiger partial charge in [0.15, 0.2) is 12.5 Å².